The van der Waals surface area contributed by atoms with E-state index in [1.165, 1.54) is 19.0 Å². The molecule has 0 aliphatic heterocycles. The highest BCUT2D eigenvalue weighted by molar-refractivity contribution is 6.33. The molecule has 1 saturated carbocycles. The molecular formula is C12H17Cl2N3. The molecule has 0 saturated heterocycles. The van der Waals surface area contributed by atoms with Gasteiger partial charge < -0.3 is 5.32 Å². The number of anilines is 1. The van der Waals surface area contributed by atoms with Crippen molar-refractivity contribution in [2.24, 2.45) is 5.41 Å². The number of nitrogens with one attached hydrogen (secondary N) is 1. The minimum absolute atomic E-state index is 0.229. The van der Waals surface area contributed by atoms with Gasteiger partial charge in [-0.15, -0.1) is 0 Å². The summed E-state index contributed by atoms with van der Waals surface area (Å²) in [6.07, 6.45) is 6.34. The van der Waals surface area contributed by atoms with E-state index in [9.17, 15) is 0 Å². The van der Waals surface area contributed by atoms with Gasteiger partial charge in [-0.05, 0) is 36.3 Å². The van der Waals surface area contributed by atoms with E-state index in [1.807, 2.05) is 0 Å². The van der Waals surface area contributed by atoms with Gasteiger partial charge in [0.05, 0.1) is 6.20 Å². The quantitative estimate of drug-likeness (QED) is 0.823. The highest BCUT2D eigenvalue weighted by atomic mass is 35.5. The molecule has 0 amide bonds. The van der Waals surface area contributed by atoms with Crippen LogP contribution in [0.3, 0.4) is 0 Å². The van der Waals surface area contributed by atoms with Crippen molar-refractivity contribution in [3.63, 3.8) is 0 Å². The van der Waals surface area contributed by atoms with Crippen LogP contribution in [0.15, 0.2) is 6.20 Å². The Hall–Kier alpha value is -0.540. The van der Waals surface area contributed by atoms with E-state index in [4.69, 9.17) is 23.2 Å². The third kappa shape index (κ3) is 3.46. The molecule has 1 aliphatic rings. The van der Waals surface area contributed by atoms with Crippen molar-refractivity contribution in [3.05, 3.63) is 16.5 Å². The third-order valence-electron chi connectivity index (χ3n) is 3.26. The third-order valence-corrected chi connectivity index (χ3v) is 3.72. The molecule has 1 unspecified atom stereocenters. The first-order valence-corrected chi connectivity index (χ1v) is 6.66. The highest BCUT2D eigenvalue weighted by Gasteiger charge is 2.28. The SMILES string of the molecule is CC1(C)CCCC(Nc2nc(Cl)ncc2Cl)C1. The molecular weight excluding hydrogens is 257 g/mol. The standard InChI is InChI=1S/C12H17Cl2N3/c1-12(2)5-3-4-8(6-12)16-10-9(13)7-15-11(14)17-10/h7-8H,3-6H2,1-2H3,(H,15,16,17). The molecule has 1 aromatic heterocycles. The van der Waals surface area contributed by atoms with Gasteiger partial charge in [0.1, 0.15) is 10.8 Å². The fourth-order valence-electron chi connectivity index (χ4n) is 2.46. The first-order chi connectivity index (χ1) is 7.96. The predicted molar refractivity (Wildman–Crippen MR) is 71.7 cm³/mol. The Labute approximate surface area is 112 Å². The van der Waals surface area contributed by atoms with E-state index in [-0.39, 0.29) is 5.28 Å². The van der Waals surface area contributed by atoms with Crippen LogP contribution in [0.4, 0.5) is 5.82 Å². The number of rotatable bonds is 2. The maximum atomic E-state index is 6.04. The molecule has 5 heteroatoms. The van der Waals surface area contributed by atoms with Crippen LogP contribution in [0.25, 0.3) is 0 Å². The zero-order valence-electron chi connectivity index (χ0n) is 10.1. The van der Waals surface area contributed by atoms with Crippen LogP contribution in [0.2, 0.25) is 10.3 Å². The van der Waals surface area contributed by atoms with Crippen LogP contribution in [-0.4, -0.2) is 16.0 Å². The summed E-state index contributed by atoms with van der Waals surface area (Å²) in [6.45, 7) is 4.60. The second-order valence-corrected chi connectivity index (χ2v) is 6.18. The van der Waals surface area contributed by atoms with Crippen LogP contribution < -0.4 is 5.32 Å². The van der Waals surface area contributed by atoms with Crippen molar-refractivity contribution in [3.8, 4) is 0 Å². The van der Waals surface area contributed by atoms with Gasteiger partial charge in [0.15, 0.2) is 0 Å². The number of hydrogen-bond donors (Lipinski definition) is 1. The Kier molecular flexibility index (Phi) is 3.79. The lowest BCUT2D eigenvalue weighted by Gasteiger charge is -2.35. The smallest absolute Gasteiger partial charge is 0.224 e. The second-order valence-electron chi connectivity index (χ2n) is 5.44. The predicted octanol–water partition coefficient (Wildman–Crippen LogP) is 4.16. The molecule has 1 fully saturated rings. The van der Waals surface area contributed by atoms with Gasteiger partial charge >= 0.3 is 0 Å². The summed E-state index contributed by atoms with van der Waals surface area (Å²) < 4.78 is 0. The number of nitrogens with zero attached hydrogens (tertiary/aromatic N) is 2. The largest absolute Gasteiger partial charge is 0.366 e. The number of hydrogen-bond acceptors (Lipinski definition) is 3. The van der Waals surface area contributed by atoms with E-state index in [1.54, 1.807) is 0 Å². The normalized spacial score (nSPS) is 23.4. The highest BCUT2D eigenvalue weighted by Crippen LogP contribution is 2.36. The summed E-state index contributed by atoms with van der Waals surface area (Å²) in [6, 6.07) is 0.419. The molecule has 1 N–H and O–H groups in total. The maximum absolute atomic E-state index is 6.04. The van der Waals surface area contributed by atoms with Gasteiger partial charge in [0.2, 0.25) is 5.28 Å². The summed E-state index contributed by atoms with van der Waals surface area (Å²) in [5, 5.41) is 4.13. The number of halogens is 2. The Morgan fingerprint density at radius 2 is 2.18 bits per heavy atom. The van der Waals surface area contributed by atoms with Crippen molar-refractivity contribution in [1.82, 2.24) is 9.97 Å². The van der Waals surface area contributed by atoms with E-state index in [0.29, 0.717) is 22.3 Å². The lowest BCUT2D eigenvalue weighted by Crippen LogP contribution is -2.32. The summed E-state index contributed by atoms with van der Waals surface area (Å²) in [5.74, 6) is 0.648. The van der Waals surface area contributed by atoms with Crippen molar-refractivity contribution >= 4 is 29.0 Å². The summed E-state index contributed by atoms with van der Waals surface area (Å²) in [7, 11) is 0. The fraction of sp³-hybridized carbons (Fsp3) is 0.667. The molecule has 3 nitrogen and oxygen atoms in total. The Morgan fingerprint density at radius 1 is 1.41 bits per heavy atom. The Bertz CT molecular complexity index is 407. The molecule has 1 aromatic rings. The first-order valence-electron chi connectivity index (χ1n) is 5.91. The van der Waals surface area contributed by atoms with E-state index < -0.39 is 0 Å². The van der Waals surface area contributed by atoms with Gasteiger partial charge in [-0.1, -0.05) is 31.9 Å². The average Bonchev–Trinajstić information content (AvgIpc) is 2.22. The van der Waals surface area contributed by atoms with E-state index in [2.05, 4.69) is 29.1 Å². The molecule has 0 radical (unpaired) electrons. The van der Waals surface area contributed by atoms with Crippen molar-refractivity contribution in [2.45, 2.75) is 45.6 Å². The molecule has 0 bridgehead atoms. The van der Waals surface area contributed by atoms with Gasteiger partial charge in [-0.3, -0.25) is 0 Å². The molecule has 1 atom stereocenters. The zero-order valence-corrected chi connectivity index (χ0v) is 11.6. The van der Waals surface area contributed by atoms with Crippen LogP contribution >= 0.6 is 23.2 Å². The first kappa shape index (κ1) is 12.9. The van der Waals surface area contributed by atoms with Gasteiger partial charge in [0.25, 0.3) is 0 Å². The lowest BCUT2D eigenvalue weighted by atomic mass is 9.75. The van der Waals surface area contributed by atoms with E-state index >= 15 is 0 Å². The molecule has 0 spiro atoms. The topological polar surface area (TPSA) is 37.8 Å². The lowest BCUT2D eigenvalue weighted by molar-refractivity contribution is 0.229. The van der Waals surface area contributed by atoms with Gasteiger partial charge in [0, 0.05) is 6.04 Å². The van der Waals surface area contributed by atoms with E-state index in [0.717, 1.165) is 12.8 Å². The molecule has 94 valence electrons. The van der Waals surface area contributed by atoms with Crippen LogP contribution in [0.5, 0.6) is 0 Å². The monoisotopic (exact) mass is 273 g/mol. The molecule has 17 heavy (non-hydrogen) atoms. The molecule has 1 aliphatic carbocycles. The summed E-state index contributed by atoms with van der Waals surface area (Å²) in [4.78, 5) is 7.97. The molecule has 0 aromatic carbocycles. The van der Waals surface area contributed by atoms with Crippen LogP contribution in [0, 0.1) is 5.41 Å². The van der Waals surface area contributed by atoms with Gasteiger partial charge in [-0.25, -0.2) is 4.98 Å². The van der Waals surface area contributed by atoms with Crippen molar-refractivity contribution in [2.75, 3.05) is 5.32 Å². The van der Waals surface area contributed by atoms with Crippen LogP contribution in [0.1, 0.15) is 39.5 Å². The van der Waals surface area contributed by atoms with Crippen molar-refractivity contribution < 1.29 is 0 Å². The second kappa shape index (κ2) is 4.99. The summed E-state index contributed by atoms with van der Waals surface area (Å²) in [5.41, 5.74) is 0.388. The molecule has 2 rings (SSSR count). The Balaban J connectivity index is 2.07. The summed E-state index contributed by atoms with van der Waals surface area (Å²) >= 11 is 11.8. The van der Waals surface area contributed by atoms with Crippen LogP contribution in [-0.2, 0) is 0 Å². The fourth-order valence-corrected chi connectivity index (χ4v) is 2.74. The molecule has 1 heterocycles. The zero-order chi connectivity index (χ0) is 12.5. The minimum Gasteiger partial charge on any atom is -0.366 e. The van der Waals surface area contributed by atoms with Gasteiger partial charge in [-0.2, -0.15) is 4.98 Å². The van der Waals surface area contributed by atoms with Crippen molar-refractivity contribution in [1.29, 1.82) is 0 Å². The Morgan fingerprint density at radius 3 is 2.88 bits per heavy atom. The number of aromatic nitrogens is 2. The minimum atomic E-state index is 0.229. The maximum Gasteiger partial charge on any atom is 0.224 e. The average molecular weight is 274 g/mol.